The van der Waals surface area contributed by atoms with Crippen LogP contribution < -0.4 is 0 Å². The van der Waals surface area contributed by atoms with Gasteiger partial charge >= 0.3 is 5.97 Å². The second-order valence-corrected chi connectivity index (χ2v) is 4.09. The molecule has 0 fully saturated rings. The van der Waals surface area contributed by atoms with Gasteiger partial charge in [0, 0.05) is 19.3 Å². The third-order valence-corrected chi connectivity index (χ3v) is 2.39. The topological polar surface area (TPSA) is 37.3 Å². The molecule has 1 N–H and O–H groups in total. The molecule has 2 nitrogen and oxygen atoms in total. The summed E-state index contributed by atoms with van der Waals surface area (Å²) in [6, 6.07) is 0. The minimum absolute atomic E-state index is 0.262. The van der Waals surface area contributed by atoms with E-state index in [0.29, 0.717) is 0 Å². The molecule has 0 aliphatic carbocycles. The van der Waals surface area contributed by atoms with E-state index in [4.69, 9.17) is 5.11 Å². The van der Waals surface area contributed by atoms with Gasteiger partial charge in [-0.15, -0.1) is 6.58 Å². The van der Waals surface area contributed by atoms with Crippen LogP contribution in [0.3, 0.4) is 0 Å². The van der Waals surface area contributed by atoms with Crippen LogP contribution in [0.25, 0.3) is 0 Å². The van der Waals surface area contributed by atoms with Crippen LogP contribution in [0.5, 0.6) is 0 Å². The summed E-state index contributed by atoms with van der Waals surface area (Å²) < 4.78 is 0. The molecule has 0 bridgehead atoms. The molecule has 98 valence electrons. The molecule has 2 heteroatoms. The molecule has 0 heterocycles. The van der Waals surface area contributed by atoms with Gasteiger partial charge in [0.05, 0.1) is 0 Å². The van der Waals surface area contributed by atoms with Gasteiger partial charge in [0.15, 0.2) is 0 Å². The highest BCUT2D eigenvalue weighted by molar-refractivity contribution is 5.66. The predicted octanol–water partition coefficient (Wildman–Crippen LogP) is 3.77. The largest absolute Gasteiger partial charge is 0.481 e. The molecule has 0 atom stereocenters. The Hall–Kier alpha value is -1.67. The molecule has 18 heavy (non-hydrogen) atoms. The third kappa shape index (κ3) is 14.3. The number of rotatable bonds is 9. The van der Waals surface area contributed by atoms with Crippen molar-refractivity contribution < 1.29 is 9.90 Å². The molecule has 0 spiro atoms. The molecule has 0 aliphatic rings. The van der Waals surface area contributed by atoms with Crippen LogP contribution in [-0.4, -0.2) is 11.1 Å². The number of allylic oxidation sites excluding steroid dienone is 1. The monoisotopic (exact) mass is 246 g/mol. The number of hydrogen-bond donors (Lipinski definition) is 1. The molecule has 0 rings (SSSR count). The Morgan fingerprint density at radius 3 is 2.17 bits per heavy atom. The summed E-state index contributed by atoms with van der Waals surface area (Å²) >= 11 is 0. The van der Waals surface area contributed by atoms with Crippen molar-refractivity contribution in [3.05, 3.63) is 12.7 Å². The number of carboxylic acid groups (broad SMARTS) is 1. The smallest absolute Gasteiger partial charge is 0.303 e. The van der Waals surface area contributed by atoms with Crippen molar-refractivity contribution in [3.63, 3.8) is 0 Å². The van der Waals surface area contributed by atoms with Gasteiger partial charge in [0.25, 0.3) is 0 Å². The van der Waals surface area contributed by atoms with E-state index in [2.05, 4.69) is 30.3 Å². The molecule has 0 aromatic carbocycles. The lowest BCUT2D eigenvalue weighted by Crippen LogP contribution is -1.93. The van der Waals surface area contributed by atoms with Gasteiger partial charge in [-0.05, 0) is 43.9 Å². The van der Waals surface area contributed by atoms with E-state index in [0.717, 1.165) is 51.4 Å². The van der Waals surface area contributed by atoms with Crippen LogP contribution in [0.15, 0.2) is 12.7 Å². The first-order chi connectivity index (χ1) is 8.77. The van der Waals surface area contributed by atoms with Gasteiger partial charge in [-0.25, -0.2) is 0 Å². The number of carbonyl (C=O) groups is 1. The molecule has 0 saturated carbocycles. The standard InChI is InChI=1S/C16H22O2/c1-2-3-4-5-6-7-8-9-10-11-12-13-14-15-16(17)18/h2H,1,3-6,11-15H2,(H,17,18). The summed E-state index contributed by atoms with van der Waals surface area (Å²) in [4.78, 5) is 10.2. The Bertz CT molecular complexity index is 347. The highest BCUT2D eigenvalue weighted by Crippen LogP contribution is 2.01. The average Bonchev–Trinajstić information content (AvgIpc) is 2.34. The Balaban J connectivity index is 3.35. The van der Waals surface area contributed by atoms with Crippen molar-refractivity contribution in [1.29, 1.82) is 0 Å². The lowest BCUT2D eigenvalue weighted by Gasteiger charge is -1.93. The lowest BCUT2D eigenvalue weighted by atomic mass is 10.1. The SMILES string of the molecule is C=CCCCCC#CC#CCCCCCC(=O)O. The molecular formula is C16H22O2. The van der Waals surface area contributed by atoms with Gasteiger partial charge in [-0.1, -0.05) is 24.3 Å². The first kappa shape index (κ1) is 16.3. The Labute approximate surface area is 110 Å². The lowest BCUT2D eigenvalue weighted by molar-refractivity contribution is -0.137. The zero-order valence-electron chi connectivity index (χ0n) is 11.0. The Morgan fingerprint density at radius 1 is 1.00 bits per heavy atom. The van der Waals surface area contributed by atoms with Crippen LogP contribution in [0.1, 0.15) is 57.8 Å². The van der Waals surface area contributed by atoms with E-state index in [1.807, 2.05) is 6.08 Å². The van der Waals surface area contributed by atoms with Crippen molar-refractivity contribution >= 4 is 5.97 Å². The summed E-state index contributed by atoms with van der Waals surface area (Å²) in [5.41, 5.74) is 0. The molecule has 0 unspecified atom stereocenters. The van der Waals surface area contributed by atoms with Crippen LogP contribution in [0.4, 0.5) is 0 Å². The number of unbranched alkanes of at least 4 members (excludes halogenated alkanes) is 6. The van der Waals surface area contributed by atoms with E-state index in [1.54, 1.807) is 0 Å². The van der Waals surface area contributed by atoms with Gasteiger partial charge in [-0.2, -0.15) is 0 Å². The average molecular weight is 246 g/mol. The van der Waals surface area contributed by atoms with Gasteiger partial charge in [0.2, 0.25) is 0 Å². The fourth-order valence-corrected chi connectivity index (χ4v) is 1.38. The van der Waals surface area contributed by atoms with Crippen molar-refractivity contribution in [2.24, 2.45) is 0 Å². The second kappa shape index (κ2) is 13.4. The first-order valence-electron chi connectivity index (χ1n) is 6.55. The van der Waals surface area contributed by atoms with E-state index in [9.17, 15) is 4.79 Å². The third-order valence-electron chi connectivity index (χ3n) is 2.39. The van der Waals surface area contributed by atoms with E-state index in [-0.39, 0.29) is 6.42 Å². The van der Waals surface area contributed by atoms with Crippen molar-refractivity contribution in [2.45, 2.75) is 57.8 Å². The predicted molar refractivity (Wildman–Crippen MR) is 74.9 cm³/mol. The Morgan fingerprint density at radius 2 is 1.61 bits per heavy atom. The fourth-order valence-electron chi connectivity index (χ4n) is 1.38. The molecule has 0 saturated heterocycles. The van der Waals surface area contributed by atoms with Gasteiger partial charge in [0.1, 0.15) is 0 Å². The minimum Gasteiger partial charge on any atom is -0.481 e. The normalized spacial score (nSPS) is 8.67. The van der Waals surface area contributed by atoms with Crippen molar-refractivity contribution in [2.75, 3.05) is 0 Å². The maximum absolute atomic E-state index is 10.2. The maximum Gasteiger partial charge on any atom is 0.303 e. The van der Waals surface area contributed by atoms with Crippen molar-refractivity contribution in [1.82, 2.24) is 0 Å². The number of carboxylic acids is 1. The summed E-state index contributed by atoms with van der Waals surface area (Å²) in [6.07, 6.45) is 9.85. The summed E-state index contributed by atoms with van der Waals surface area (Å²) in [5.74, 6) is 11.0. The van der Waals surface area contributed by atoms with Crippen LogP contribution in [-0.2, 0) is 4.79 Å². The van der Waals surface area contributed by atoms with Gasteiger partial charge in [-0.3, -0.25) is 4.79 Å². The van der Waals surface area contributed by atoms with E-state index >= 15 is 0 Å². The highest BCUT2D eigenvalue weighted by atomic mass is 16.4. The fraction of sp³-hybridized carbons (Fsp3) is 0.562. The zero-order valence-corrected chi connectivity index (χ0v) is 11.0. The summed E-state index contributed by atoms with van der Waals surface area (Å²) in [7, 11) is 0. The summed E-state index contributed by atoms with van der Waals surface area (Å²) in [5, 5.41) is 8.44. The molecule has 0 radical (unpaired) electrons. The molecule has 0 aliphatic heterocycles. The zero-order chi connectivity index (χ0) is 13.5. The molecule has 0 amide bonds. The van der Waals surface area contributed by atoms with Crippen molar-refractivity contribution in [3.8, 4) is 23.7 Å². The number of hydrogen-bond acceptors (Lipinski definition) is 1. The molecular weight excluding hydrogens is 224 g/mol. The maximum atomic E-state index is 10.2. The number of aliphatic carboxylic acids is 1. The van der Waals surface area contributed by atoms with E-state index in [1.165, 1.54) is 0 Å². The van der Waals surface area contributed by atoms with Gasteiger partial charge < -0.3 is 5.11 Å². The molecule has 0 aromatic heterocycles. The van der Waals surface area contributed by atoms with Crippen LogP contribution in [0.2, 0.25) is 0 Å². The van der Waals surface area contributed by atoms with Crippen LogP contribution in [0, 0.1) is 23.7 Å². The first-order valence-corrected chi connectivity index (χ1v) is 6.55. The quantitative estimate of drug-likeness (QED) is 0.382. The van der Waals surface area contributed by atoms with E-state index < -0.39 is 5.97 Å². The highest BCUT2D eigenvalue weighted by Gasteiger charge is 1.94. The Kier molecular flexibility index (Phi) is 12.2. The minimum atomic E-state index is -0.719. The van der Waals surface area contributed by atoms with Crippen LogP contribution >= 0.6 is 0 Å². The molecule has 0 aromatic rings. The summed E-state index contributed by atoms with van der Waals surface area (Å²) in [6.45, 7) is 3.67. The second-order valence-electron chi connectivity index (χ2n) is 4.09.